The number of aliphatic imine (C=N–C) groups is 1. The zero-order valence-electron chi connectivity index (χ0n) is 15.4. The van der Waals surface area contributed by atoms with Gasteiger partial charge < -0.3 is 20.3 Å². The van der Waals surface area contributed by atoms with Crippen LogP contribution in [0, 0.1) is 5.92 Å². The maximum absolute atomic E-state index is 5.81. The molecule has 5 heteroatoms. The van der Waals surface area contributed by atoms with E-state index < -0.39 is 0 Å². The lowest BCUT2D eigenvalue weighted by molar-refractivity contribution is 0.0283. The molecule has 0 saturated carbocycles. The highest BCUT2D eigenvalue weighted by Gasteiger charge is 2.29. The SMILES string of the molecule is CCNC(=NCC1(C)CCCO1)NCCCN1CCCC(C)C1. The van der Waals surface area contributed by atoms with Crippen LogP contribution in [0.5, 0.6) is 0 Å². The molecule has 2 aliphatic heterocycles. The van der Waals surface area contributed by atoms with Crippen LogP contribution in [0.3, 0.4) is 0 Å². The van der Waals surface area contributed by atoms with E-state index in [1.165, 1.54) is 38.9 Å². The van der Waals surface area contributed by atoms with E-state index in [9.17, 15) is 0 Å². The molecular formula is C18H36N4O. The molecule has 0 bridgehead atoms. The van der Waals surface area contributed by atoms with Gasteiger partial charge in [-0.1, -0.05) is 6.92 Å². The molecule has 0 amide bonds. The van der Waals surface area contributed by atoms with E-state index in [1.54, 1.807) is 0 Å². The van der Waals surface area contributed by atoms with E-state index in [0.717, 1.165) is 51.0 Å². The van der Waals surface area contributed by atoms with Gasteiger partial charge in [-0.2, -0.15) is 0 Å². The highest BCUT2D eigenvalue weighted by molar-refractivity contribution is 5.79. The van der Waals surface area contributed by atoms with Crippen molar-refractivity contribution in [3.05, 3.63) is 0 Å². The number of hydrogen-bond donors (Lipinski definition) is 2. The van der Waals surface area contributed by atoms with Crippen molar-refractivity contribution < 1.29 is 4.74 Å². The summed E-state index contributed by atoms with van der Waals surface area (Å²) < 4.78 is 5.81. The zero-order chi connectivity index (χ0) is 16.5. The van der Waals surface area contributed by atoms with Crippen molar-refractivity contribution in [3.63, 3.8) is 0 Å². The third kappa shape index (κ3) is 6.68. The van der Waals surface area contributed by atoms with Crippen LogP contribution < -0.4 is 10.6 Å². The highest BCUT2D eigenvalue weighted by atomic mass is 16.5. The van der Waals surface area contributed by atoms with Crippen LogP contribution in [-0.4, -0.2) is 62.3 Å². The minimum Gasteiger partial charge on any atom is -0.373 e. The molecule has 2 saturated heterocycles. The molecule has 2 atom stereocenters. The van der Waals surface area contributed by atoms with Crippen LogP contribution in [-0.2, 0) is 4.74 Å². The normalized spacial score (nSPS) is 29.7. The topological polar surface area (TPSA) is 48.9 Å². The second kappa shape index (κ2) is 9.48. The molecular weight excluding hydrogens is 288 g/mol. The molecule has 2 unspecified atom stereocenters. The second-order valence-electron chi connectivity index (χ2n) is 7.43. The largest absolute Gasteiger partial charge is 0.373 e. The Hall–Kier alpha value is -0.810. The molecule has 2 aliphatic rings. The zero-order valence-corrected chi connectivity index (χ0v) is 15.4. The lowest BCUT2D eigenvalue weighted by Crippen LogP contribution is -2.41. The van der Waals surface area contributed by atoms with Gasteiger partial charge in [0.05, 0.1) is 12.1 Å². The quantitative estimate of drug-likeness (QED) is 0.428. The van der Waals surface area contributed by atoms with E-state index in [-0.39, 0.29) is 5.60 Å². The lowest BCUT2D eigenvalue weighted by Gasteiger charge is -2.30. The van der Waals surface area contributed by atoms with Crippen molar-refractivity contribution in [1.82, 2.24) is 15.5 Å². The first-order valence-corrected chi connectivity index (χ1v) is 9.50. The minimum absolute atomic E-state index is 0.0632. The molecule has 2 heterocycles. The number of hydrogen-bond acceptors (Lipinski definition) is 3. The van der Waals surface area contributed by atoms with E-state index in [2.05, 4.69) is 36.3 Å². The fourth-order valence-corrected chi connectivity index (χ4v) is 3.55. The summed E-state index contributed by atoms with van der Waals surface area (Å²) in [5, 5.41) is 6.81. The van der Waals surface area contributed by atoms with Crippen LogP contribution in [0.2, 0.25) is 0 Å². The molecule has 2 fully saturated rings. The van der Waals surface area contributed by atoms with Gasteiger partial charge in [0.15, 0.2) is 5.96 Å². The Labute approximate surface area is 142 Å². The summed E-state index contributed by atoms with van der Waals surface area (Å²) in [4.78, 5) is 7.32. The van der Waals surface area contributed by atoms with Gasteiger partial charge in [0.2, 0.25) is 0 Å². The van der Waals surface area contributed by atoms with Gasteiger partial charge in [0.1, 0.15) is 0 Å². The summed E-state index contributed by atoms with van der Waals surface area (Å²) in [6.07, 6.45) is 6.20. The molecule has 2 rings (SSSR count). The minimum atomic E-state index is -0.0632. The van der Waals surface area contributed by atoms with Crippen molar-refractivity contribution in [2.75, 3.05) is 45.9 Å². The summed E-state index contributed by atoms with van der Waals surface area (Å²) in [5.41, 5.74) is -0.0632. The van der Waals surface area contributed by atoms with Gasteiger partial charge in [0, 0.05) is 26.2 Å². The van der Waals surface area contributed by atoms with Gasteiger partial charge in [0.25, 0.3) is 0 Å². The Bertz CT molecular complexity index is 366. The van der Waals surface area contributed by atoms with Crippen LogP contribution in [0.25, 0.3) is 0 Å². The van der Waals surface area contributed by atoms with Gasteiger partial charge in [-0.25, -0.2) is 0 Å². The summed E-state index contributed by atoms with van der Waals surface area (Å²) >= 11 is 0. The van der Waals surface area contributed by atoms with E-state index in [1.807, 2.05) is 0 Å². The number of nitrogens with one attached hydrogen (secondary N) is 2. The number of ether oxygens (including phenoxy) is 1. The van der Waals surface area contributed by atoms with Crippen LogP contribution >= 0.6 is 0 Å². The summed E-state index contributed by atoms with van der Waals surface area (Å²) in [6.45, 7) is 13.9. The van der Waals surface area contributed by atoms with Gasteiger partial charge in [-0.05, 0) is 65.0 Å². The van der Waals surface area contributed by atoms with Gasteiger partial charge >= 0.3 is 0 Å². The summed E-state index contributed by atoms with van der Waals surface area (Å²) in [6, 6.07) is 0. The first-order chi connectivity index (χ1) is 11.1. The fraction of sp³-hybridized carbons (Fsp3) is 0.944. The third-order valence-corrected chi connectivity index (χ3v) is 4.90. The van der Waals surface area contributed by atoms with Gasteiger partial charge in [-0.3, -0.25) is 4.99 Å². The molecule has 0 aromatic rings. The lowest BCUT2D eigenvalue weighted by atomic mass is 10.0. The van der Waals surface area contributed by atoms with Crippen LogP contribution in [0.15, 0.2) is 4.99 Å². The Kier molecular flexibility index (Phi) is 7.63. The predicted molar refractivity (Wildman–Crippen MR) is 97.0 cm³/mol. The molecule has 5 nitrogen and oxygen atoms in total. The highest BCUT2D eigenvalue weighted by Crippen LogP contribution is 2.24. The predicted octanol–water partition coefficient (Wildman–Crippen LogP) is 2.23. The maximum Gasteiger partial charge on any atom is 0.191 e. The monoisotopic (exact) mass is 324 g/mol. The second-order valence-corrected chi connectivity index (χ2v) is 7.43. The number of guanidine groups is 1. The van der Waals surface area contributed by atoms with Gasteiger partial charge in [-0.15, -0.1) is 0 Å². The van der Waals surface area contributed by atoms with Crippen molar-refractivity contribution in [2.45, 2.75) is 58.5 Å². The molecule has 0 aromatic heterocycles. The Morgan fingerprint density at radius 3 is 2.91 bits per heavy atom. The molecule has 0 aliphatic carbocycles. The summed E-state index contributed by atoms with van der Waals surface area (Å²) in [5.74, 6) is 1.79. The Balaban J connectivity index is 1.67. The number of rotatable bonds is 7. The van der Waals surface area contributed by atoms with Crippen LogP contribution in [0.1, 0.15) is 52.9 Å². The van der Waals surface area contributed by atoms with Crippen molar-refractivity contribution >= 4 is 5.96 Å². The van der Waals surface area contributed by atoms with E-state index >= 15 is 0 Å². The average molecular weight is 325 g/mol. The van der Waals surface area contributed by atoms with Crippen molar-refractivity contribution in [2.24, 2.45) is 10.9 Å². The maximum atomic E-state index is 5.81. The Morgan fingerprint density at radius 1 is 1.35 bits per heavy atom. The Morgan fingerprint density at radius 2 is 2.22 bits per heavy atom. The van der Waals surface area contributed by atoms with E-state index in [0.29, 0.717) is 0 Å². The first-order valence-electron chi connectivity index (χ1n) is 9.50. The number of piperidine rings is 1. The first kappa shape index (κ1) is 18.5. The smallest absolute Gasteiger partial charge is 0.191 e. The molecule has 23 heavy (non-hydrogen) atoms. The van der Waals surface area contributed by atoms with Crippen LogP contribution in [0.4, 0.5) is 0 Å². The van der Waals surface area contributed by atoms with E-state index in [4.69, 9.17) is 9.73 Å². The molecule has 0 spiro atoms. The molecule has 0 aromatic carbocycles. The van der Waals surface area contributed by atoms with Crippen molar-refractivity contribution in [1.29, 1.82) is 0 Å². The fourth-order valence-electron chi connectivity index (χ4n) is 3.55. The molecule has 134 valence electrons. The molecule has 2 N–H and O–H groups in total. The molecule has 0 radical (unpaired) electrons. The number of nitrogens with zero attached hydrogens (tertiary/aromatic N) is 2. The number of likely N-dealkylation sites (tertiary alicyclic amines) is 1. The average Bonchev–Trinajstić information content (AvgIpc) is 2.96. The standard InChI is InChI=1S/C18H36N4O/c1-4-19-17(21-15-18(3)9-6-13-23-18)20-10-7-12-22-11-5-8-16(2)14-22/h16H,4-15H2,1-3H3,(H2,19,20,21). The third-order valence-electron chi connectivity index (χ3n) is 4.90. The van der Waals surface area contributed by atoms with Crippen molar-refractivity contribution in [3.8, 4) is 0 Å². The summed E-state index contributed by atoms with van der Waals surface area (Å²) in [7, 11) is 0.